The topological polar surface area (TPSA) is 314 Å². The van der Waals surface area contributed by atoms with E-state index in [1.807, 2.05) is 0 Å². The molecule has 4 bridgehead atoms. The molecular formula is C23H26N13O10P. The summed E-state index contributed by atoms with van der Waals surface area (Å²) in [6, 6.07) is 0. The van der Waals surface area contributed by atoms with E-state index in [0.29, 0.717) is 5.69 Å². The zero-order valence-corrected chi connectivity index (χ0v) is 24.7. The minimum Gasteiger partial charge on any atom is -0.387 e. The van der Waals surface area contributed by atoms with Crippen LogP contribution >= 0.6 is 7.82 Å². The predicted molar refractivity (Wildman–Crippen MR) is 151 cm³/mol. The van der Waals surface area contributed by atoms with E-state index in [1.54, 1.807) is 0 Å². The summed E-state index contributed by atoms with van der Waals surface area (Å²) in [7, 11) is -4.97. The third-order valence-electron chi connectivity index (χ3n) is 8.04. The van der Waals surface area contributed by atoms with E-state index in [4.69, 9.17) is 34.7 Å². The maximum absolute atomic E-state index is 13.3. The minimum atomic E-state index is -4.97. The van der Waals surface area contributed by atoms with Crippen molar-refractivity contribution in [1.29, 1.82) is 0 Å². The zero-order chi connectivity index (χ0) is 32.6. The highest BCUT2D eigenvalue weighted by Crippen LogP contribution is 2.50. The van der Waals surface area contributed by atoms with Crippen molar-refractivity contribution in [3.05, 3.63) is 41.2 Å². The third kappa shape index (κ3) is 5.13. The molecule has 24 heteroatoms. The van der Waals surface area contributed by atoms with Crippen molar-refractivity contribution in [1.82, 2.24) is 54.0 Å². The molecule has 9 atom stereocenters. The van der Waals surface area contributed by atoms with E-state index in [-0.39, 0.29) is 47.2 Å². The molecule has 0 saturated carbocycles. The van der Waals surface area contributed by atoms with Gasteiger partial charge in [-0.15, -0.1) is 5.10 Å². The number of hydrogen-bond acceptors (Lipinski definition) is 18. The average Bonchev–Trinajstić information content (AvgIpc) is 3.84. The molecule has 2 fully saturated rings. The highest BCUT2D eigenvalue weighted by atomic mass is 31.2. The number of hydrogen-bond donors (Lipinski definition) is 6. The van der Waals surface area contributed by atoms with Gasteiger partial charge in [0, 0.05) is 0 Å². The molecule has 0 amide bonds. The Morgan fingerprint density at radius 1 is 0.957 bits per heavy atom. The molecule has 0 spiro atoms. The summed E-state index contributed by atoms with van der Waals surface area (Å²) in [5.74, 6) is -0.0736. The minimum absolute atomic E-state index is 0.0427. The molecule has 5 aromatic heterocycles. The molecule has 3 aliphatic heterocycles. The molecule has 8 N–H and O–H groups in total. The Hall–Kier alpha value is -4.45. The van der Waals surface area contributed by atoms with Gasteiger partial charge in [0.1, 0.15) is 54.2 Å². The number of anilines is 2. The van der Waals surface area contributed by atoms with Crippen LogP contribution in [-0.4, -0.2) is 112 Å². The number of nitrogens with zero attached hydrogens (tertiary/aromatic N) is 10. The number of phosphoric acid groups is 1. The molecule has 8 heterocycles. The normalized spacial score (nSPS) is 33.2. The van der Waals surface area contributed by atoms with Crippen LogP contribution in [0.4, 0.5) is 11.8 Å². The van der Waals surface area contributed by atoms with Crippen LogP contribution in [0, 0.1) is 0 Å². The van der Waals surface area contributed by atoms with Crippen LogP contribution in [0.2, 0.25) is 0 Å². The van der Waals surface area contributed by atoms with Crippen molar-refractivity contribution in [3.63, 3.8) is 0 Å². The van der Waals surface area contributed by atoms with Crippen molar-refractivity contribution in [2.24, 2.45) is 0 Å². The SMILES string of the molecule is Nc1nc2c(ncn2[C@@H]2O[C@@H]3COP(=O)(O)O[C@@H]4C(O)[C@H](n5cnc6c(N)ncnc65)O[C@@H]4Cn4cc(nn4)CO[C@H]2C3O)c(=O)[nH]1. The lowest BCUT2D eigenvalue weighted by Crippen LogP contribution is -2.37. The van der Waals surface area contributed by atoms with Gasteiger partial charge in [0.05, 0.1) is 38.6 Å². The first-order valence-electron chi connectivity index (χ1n) is 14.0. The van der Waals surface area contributed by atoms with Gasteiger partial charge in [-0.1, -0.05) is 5.21 Å². The fourth-order valence-corrected chi connectivity index (χ4v) is 6.85. The molecule has 5 aromatic rings. The lowest BCUT2D eigenvalue weighted by molar-refractivity contribution is -0.0774. The van der Waals surface area contributed by atoms with Crippen LogP contribution in [-0.2, 0) is 41.0 Å². The summed E-state index contributed by atoms with van der Waals surface area (Å²) in [4.78, 5) is 46.0. The maximum atomic E-state index is 13.3. The predicted octanol–water partition coefficient (Wildman–Crippen LogP) is -2.67. The number of H-pyrrole nitrogens is 1. The van der Waals surface area contributed by atoms with Crippen LogP contribution in [0.25, 0.3) is 22.3 Å². The molecule has 47 heavy (non-hydrogen) atoms. The fourth-order valence-electron chi connectivity index (χ4n) is 5.88. The first kappa shape index (κ1) is 29.9. The number of phosphoric ester groups is 1. The number of nitrogens with two attached hydrogens (primary N) is 2. The summed E-state index contributed by atoms with van der Waals surface area (Å²) in [6.45, 7) is -0.893. The van der Waals surface area contributed by atoms with E-state index in [9.17, 15) is 24.5 Å². The van der Waals surface area contributed by atoms with E-state index in [1.165, 1.54) is 39.0 Å². The van der Waals surface area contributed by atoms with Gasteiger partial charge in [0.25, 0.3) is 5.56 Å². The van der Waals surface area contributed by atoms with Crippen LogP contribution in [0.5, 0.6) is 0 Å². The first-order chi connectivity index (χ1) is 22.6. The first-order valence-corrected chi connectivity index (χ1v) is 15.5. The molecule has 248 valence electrons. The van der Waals surface area contributed by atoms with E-state index < -0.39 is 69.1 Å². The molecule has 0 aliphatic carbocycles. The summed E-state index contributed by atoms with van der Waals surface area (Å²) >= 11 is 0. The monoisotopic (exact) mass is 675 g/mol. The Labute approximate surface area is 260 Å². The molecule has 0 aromatic carbocycles. The molecule has 8 rings (SSSR count). The van der Waals surface area contributed by atoms with E-state index in [0.717, 1.165) is 0 Å². The smallest absolute Gasteiger partial charge is 0.387 e. The summed E-state index contributed by atoms with van der Waals surface area (Å²) in [5.41, 5.74) is 11.9. The summed E-state index contributed by atoms with van der Waals surface area (Å²) < 4.78 is 46.4. The molecule has 0 radical (unpaired) electrons. The van der Waals surface area contributed by atoms with Gasteiger partial charge in [-0.3, -0.25) is 28.0 Å². The van der Waals surface area contributed by atoms with Crippen LogP contribution < -0.4 is 17.0 Å². The third-order valence-corrected chi connectivity index (χ3v) is 9.03. The van der Waals surface area contributed by atoms with Crippen molar-refractivity contribution in [2.45, 2.75) is 62.2 Å². The second-order valence-corrected chi connectivity index (χ2v) is 12.4. The number of aliphatic hydroxyl groups excluding tert-OH is 2. The molecular weight excluding hydrogens is 649 g/mol. The number of fused-ring (bicyclic) bond motifs is 7. The second kappa shape index (κ2) is 11.1. The average molecular weight is 676 g/mol. The maximum Gasteiger partial charge on any atom is 0.472 e. The molecule has 2 saturated heterocycles. The van der Waals surface area contributed by atoms with Gasteiger partial charge in [0.15, 0.2) is 35.1 Å². The number of aliphatic hydroxyl groups is 2. The number of ether oxygens (including phenoxy) is 3. The number of nitrogen functional groups attached to an aromatic ring is 2. The highest BCUT2D eigenvalue weighted by molar-refractivity contribution is 7.47. The van der Waals surface area contributed by atoms with Gasteiger partial charge in [0.2, 0.25) is 5.95 Å². The Morgan fingerprint density at radius 3 is 2.55 bits per heavy atom. The molecule has 23 nitrogen and oxygen atoms in total. The quantitative estimate of drug-likeness (QED) is 0.104. The van der Waals surface area contributed by atoms with Crippen molar-refractivity contribution < 1.29 is 42.9 Å². The van der Waals surface area contributed by atoms with E-state index >= 15 is 0 Å². The van der Waals surface area contributed by atoms with Gasteiger partial charge in [-0.05, 0) is 0 Å². The van der Waals surface area contributed by atoms with Gasteiger partial charge >= 0.3 is 7.82 Å². The lowest BCUT2D eigenvalue weighted by atomic mass is 10.1. The Morgan fingerprint density at radius 2 is 1.72 bits per heavy atom. The van der Waals surface area contributed by atoms with Crippen molar-refractivity contribution in [3.8, 4) is 0 Å². The fraction of sp³-hybridized carbons (Fsp3) is 0.478. The number of imidazole rings is 2. The Balaban J connectivity index is 1.11. The molecule has 3 unspecified atom stereocenters. The number of aromatic amines is 1. The number of rotatable bonds is 2. The van der Waals surface area contributed by atoms with Crippen molar-refractivity contribution in [2.75, 3.05) is 18.1 Å². The van der Waals surface area contributed by atoms with Gasteiger partial charge in [-0.2, -0.15) is 4.98 Å². The molecule has 3 aliphatic rings. The summed E-state index contributed by atoms with van der Waals surface area (Å²) in [6.07, 6.45) is -4.83. The lowest BCUT2D eigenvalue weighted by Gasteiger charge is -2.24. The summed E-state index contributed by atoms with van der Waals surface area (Å²) in [5, 5.41) is 30.8. The number of nitrogens with one attached hydrogen (secondary N) is 1. The number of aromatic nitrogens is 11. The van der Waals surface area contributed by atoms with Crippen LogP contribution in [0.3, 0.4) is 0 Å². The zero-order valence-electron chi connectivity index (χ0n) is 23.8. The van der Waals surface area contributed by atoms with Crippen LogP contribution in [0.15, 0.2) is 30.0 Å². The van der Waals surface area contributed by atoms with Crippen LogP contribution in [0.1, 0.15) is 18.1 Å². The van der Waals surface area contributed by atoms with Crippen molar-refractivity contribution >= 4 is 41.9 Å². The standard InChI is InChI=1S/C23H26N13O10P/c24-17-11-18(27-5-26-17)35(6-28-11)21-14(38)15-9(44-21)2-34-1-8(32-33-34)3-42-16-13(37)10(4-43-47(40,41)46-15)45-22(16)36-7-29-12-19(36)30-23(25)31-20(12)39/h1,5-7,9-10,13-16,21-22,37-38H,2-4H2,(H,40,41)(H2,24,26,27)(H3,25,30,31,39)/t9-,10-,13?,14?,15+,16+,21-,22-/m1/s1. The van der Waals surface area contributed by atoms with Gasteiger partial charge in [-0.25, -0.2) is 29.2 Å². The van der Waals surface area contributed by atoms with Gasteiger partial charge < -0.3 is 40.8 Å². The highest BCUT2D eigenvalue weighted by Gasteiger charge is 2.51. The second-order valence-electron chi connectivity index (χ2n) is 11.0. The Kier molecular flexibility index (Phi) is 7.05. The van der Waals surface area contributed by atoms with E-state index in [2.05, 4.69) is 40.2 Å². The Bertz CT molecular complexity index is 2080. The largest absolute Gasteiger partial charge is 0.472 e.